The molecule has 1 aliphatic heterocycles. The normalized spacial score (nSPS) is 15.0. The number of carbonyl (C=O) groups is 1. The average molecular weight is 320 g/mol. The topological polar surface area (TPSA) is 58.1 Å². The summed E-state index contributed by atoms with van der Waals surface area (Å²) in [6.07, 6.45) is 1.72. The number of hydrogen-bond acceptors (Lipinski definition) is 6. The van der Waals surface area contributed by atoms with Crippen LogP contribution in [0.3, 0.4) is 0 Å². The Hall–Kier alpha value is -1.60. The first-order valence-electron chi connectivity index (χ1n) is 6.76. The van der Waals surface area contributed by atoms with Gasteiger partial charge in [-0.15, -0.1) is 0 Å². The molecular formula is C14H16N4OS2. The van der Waals surface area contributed by atoms with Crippen LogP contribution in [0.15, 0.2) is 24.4 Å². The number of aryl methyl sites for hydroxylation is 1. The number of amides is 1. The van der Waals surface area contributed by atoms with E-state index in [2.05, 4.69) is 15.3 Å². The van der Waals surface area contributed by atoms with Gasteiger partial charge in [-0.3, -0.25) is 4.79 Å². The molecule has 2 aromatic rings. The molecule has 0 atom stereocenters. The van der Waals surface area contributed by atoms with Crippen molar-refractivity contribution in [3.63, 3.8) is 0 Å². The van der Waals surface area contributed by atoms with Crippen LogP contribution in [0.4, 0.5) is 10.9 Å². The summed E-state index contributed by atoms with van der Waals surface area (Å²) in [5.74, 6) is 2.87. The zero-order valence-electron chi connectivity index (χ0n) is 11.7. The monoisotopic (exact) mass is 320 g/mol. The SMILES string of the molecule is Cc1nc(Nc2ccccn2)sc1C(=O)N1CCSCC1. The smallest absolute Gasteiger partial charge is 0.265 e. The third-order valence-corrected chi connectivity index (χ3v) is 5.19. The Kier molecular flexibility index (Phi) is 4.40. The molecular weight excluding hydrogens is 304 g/mol. The highest BCUT2D eigenvalue weighted by molar-refractivity contribution is 7.99. The van der Waals surface area contributed by atoms with Crippen LogP contribution >= 0.6 is 23.1 Å². The third-order valence-electron chi connectivity index (χ3n) is 3.19. The first kappa shape index (κ1) is 14.3. The largest absolute Gasteiger partial charge is 0.336 e. The quantitative estimate of drug-likeness (QED) is 0.942. The molecule has 0 bridgehead atoms. The predicted molar refractivity (Wildman–Crippen MR) is 87.6 cm³/mol. The van der Waals surface area contributed by atoms with Crippen molar-refractivity contribution in [2.75, 3.05) is 29.9 Å². The van der Waals surface area contributed by atoms with E-state index in [1.165, 1.54) is 11.3 Å². The minimum Gasteiger partial charge on any atom is -0.336 e. The van der Waals surface area contributed by atoms with Crippen molar-refractivity contribution in [1.29, 1.82) is 0 Å². The van der Waals surface area contributed by atoms with Crippen LogP contribution in [0.5, 0.6) is 0 Å². The first-order valence-corrected chi connectivity index (χ1v) is 8.73. The molecule has 0 radical (unpaired) electrons. The molecule has 1 N–H and O–H groups in total. The lowest BCUT2D eigenvalue weighted by Gasteiger charge is -2.25. The molecule has 110 valence electrons. The molecule has 1 fully saturated rings. The van der Waals surface area contributed by atoms with Gasteiger partial charge in [0.2, 0.25) is 0 Å². The second-order valence-corrected chi connectivity index (χ2v) is 6.90. The molecule has 7 heteroatoms. The predicted octanol–water partition coefficient (Wildman–Crippen LogP) is 2.78. The minimum atomic E-state index is 0.0966. The highest BCUT2D eigenvalue weighted by Crippen LogP contribution is 2.27. The number of thiazole rings is 1. The summed E-state index contributed by atoms with van der Waals surface area (Å²) in [6.45, 7) is 3.53. The molecule has 0 aliphatic carbocycles. The van der Waals surface area contributed by atoms with Crippen LogP contribution in [-0.4, -0.2) is 45.4 Å². The molecule has 0 spiro atoms. The fourth-order valence-corrected chi connectivity index (χ4v) is 3.95. The molecule has 1 saturated heterocycles. The van der Waals surface area contributed by atoms with E-state index >= 15 is 0 Å². The zero-order valence-corrected chi connectivity index (χ0v) is 13.3. The summed E-state index contributed by atoms with van der Waals surface area (Å²) >= 11 is 3.29. The molecule has 21 heavy (non-hydrogen) atoms. The van der Waals surface area contributed by atoms with E-state index in [4.69, 9.17) is 0 Å². The van der Waals surface area contributed by atoms with Gasteiger partial charge in [-0.25, -0.2) is 9.97 Å². The van der Waals surface area contributed by atoms with E-state index in [0.29, 0.717) is 5.13 Å². The van der Waals surface area contributed by atoms with Gasteiger partial charge >= 0.3 is 0 Å². The molecule has 0 saturated carbocycles. The van der Waals surface area contributed by atoms with Gasteiger partial charge in [0.1, 0.15) is 10.7 Å². The molecule has 0 aromatic carbocycles. The molecule has 3 heterocycles. The summed E-state index contributed by atoms with van der Waals surface area (Å²) in [4.78, 5) is 23.8. The van der Waals surface area contributed by atoms with Crippen molar-refractivity contribution in [2.45, 2.75) is 6.92 Å². The number of nitrogens with zero attached hydrogens (tertiary/aromatic N) is 3. The van der Waals surface area contributed by atoms with Gasteiger partial charge in [0.05, 0.1) is 5.69 Å². The van der Waals surface area contributed by atoms with Gasteiger partial charge in [0.25, 0.3) is 5.91 Å². The van der Waals surface area contributed by atoms with Crippen molar-refractivity contribution >= 4 is 40.0 Å². The molecule has 2 aromatic heterocycles. The average Bonchev–Trinajstić information content (AvgIpc) is 2.89. The fourth-order valence-electron chi connectivity index (χ4n) is 2.10. The van der Waals surface area contributed by atoms with Crippen molar-refractivity contribution in [1.82, 2.24) is 14.9 Å². The van der Waals surface area contributed by atoms with E-state index in [0.717, 1.165) is 41.0 Å². The standard InChI is InChI=1S/C14H16N4OS2/c1-10-12(13(19)18-6-8-20-9-7-18)21-14(16-10)17-11-4-2-3-5-15-11/h2-5H,6-9H2,1H3,(H,15,16,17). The Morgan fingerprint density at radius 2 is 2.14 bits per heavy atom. The van der Waals surface area contributed by atoms with Gasteiger partial charge in [-0.1, -0.05) is 17.4 Å². The number of anilines is 2. The maximum absolute atomic E-state index is 12.5. The maximum Gasteiger partial charge on any atom is 0.265 e. The van der Waals surface area contributed by atoms with Crippen LogP contribution in [0.25, 0.3) is 0 Å². The van der Waals surface area contributed by atoms with Gasteiger partial charge in [0, 0.05) is 30.8 Å². The minimum absolute atomic E-state index is 0.0966. The number of pyridine rings is 1. The number of nitrogens with one attached hydrogen (secondary N) is 1. The number of aromatic nitrogens is 2. The van der Waals surface area contributed by atoms with Gasteiger partial charge in [-0.05, 0) is 19.1 Å². The van der Waals surface area contributed by atoms with Crippen molar-refractivity contribution in [2.24, 2.45) is 0 Å². The third kappa shape index (κ3) is 3.36. The van der Waals surface area contributed by atoms with E-state index < -0.39 is 0 Å². The number of thioether (sulfide) groups is 1. The Balaban J connectivity index is 1.76. The first-order chi connectivity index (χ1) is 10.2. The van der Waals surface area contributed by atoms with Gasteiger partial charge < -0.3 is 10.2 Å². The highest BCUT2D eigenvalue weighted by Gasteiger charge is 2.23. The second kappa shape index (κ2) is 6.44. The van der Waals surface area contributed by atoms with E-state index in [-0.39, 0.29) is 5.91 Å². The number of hydrogen-bond donors (Lipinski definition) is 1. The Bertz CT molecular complexity index is 623. The van der Waals surface area contributed by atoms with Crippen molar-refractivity contribution in [3.05, 3.63) is 35.0 Å². The van der Waals surface area contributed by atoms with Gasteiger partial charge in [0.15, 0.2) is 5.13 Å². The second-order valence-electron chi connectivity index (χ2n) is 4.68. The summed E-state index contributed by atoms with van der Waals surface area (Å²) in [7, 11) is 0. The summed E-state index contributed by atoms with van der Waals surface area (Å²) in [5, 5.41) is 3.85. The van der Waals surface area contributed by atoms with Crippen LogP contribution in [0, 0.1) is 6.92 Å². The van der Waals surface area contributed by atoms with Crippen molar-refractivity contribution < 1.29 is 4.79 Å². The lowest BCUT2D eigenvalue weighted by atomic mass is 10.3. The van der Waals surface area contributed by atoms with Crippen LogP contribution in [-0.2, 0) is 0 Å². The molecule has 0 unspecified atom stereocenters. The highest BCUT2D eigenvalue weighted by atomic mass is 32.2. The maximum atomic E-state index is 12.5. The Morgan fingerprint density at radius 3 is 2.86 bits per heavy atom. The number of rotatable bonds is 3. The summed E-state index contributed by atoms with van der Waals surface area (Å²) in [5.41, 5.74) is 0.779. The Labute approximate surface area is 131 Å². The van der Waals surface area contributed by atoms with Crippen LogP contribution in [0.1, 0.15) is 15.4 Å². The van der Waals surface area contributed by atoms with Gasteiger partial charge in [-0.2, -0.15) is 11.8 Å². The zero-order chi connectivity index (χ0) is 14.7. The molecule has 3 rings (SSSR count). The van der Waals surface area contributed by atoms with E-state index in [1.807, 2.05) is 41.8 Å². The van der Waals surface area contributed by atoms with Crippen LogP contribution < -0.4 is 5.32 Å². The molecule has 1 aliphatic rings. The molecule has 1 amide bonds. The van der Waals surface area contributed by atoms with E-state index in [9.17, 15) is 4.79 Å². The molecule has 5 nitrogen and oxygen atoms in total. The summed E-state index contributed by atoms with van der Waals surface area (Å²) < 4.78 is 0. The Morgan fingerprint density at radius 1 is 1.33 bits per heavy atom. The van der Waals surface area contributed by atoms with Crippen molar-refractivity contribution in [3.8, 4) is 0 Å². The van der Waals surface area contributed by atoms with E-state index in [1.54, 1.807) is 6.20 Å². The lowest BCUT2D eigenvalue weighted by molar-refractivity contribution is 0.0776. The lowest BCUT2D eigenvalue weighted by Crippen LogP contribution is -2.37. The van der Waals surface area contributed by atoms with Crippen LogP contribution in [0.2, 0.25) is 0 Å². The fraction of sp³-hybridized carbons (Fsp3) is 0.357. The summed E-state index contributed by atoms with van der Waals surface area (Å²) in [6, 6.07) is 5.65. The number of carbonyl (C=O) groups excluding carboxylic acids is 1.